The molecule has 0 aliphatic heterocycles. The van der Waals surface area contributed by atoms with Gasteiger partial charge in [-0.15, -0.1) is 0 Å². The topological polar surface area (TPSA) is 98.3 Å². The zero-order chi connectivity index (χ0) is 13.9. The second-order valence-electron chi connectivity index (χ2n) is 3.99. The fourth-order valence-corrected chi connectivity index (χ4v) is 1.38. The van der Waals surface area contributed by atoms with E-state index in [-0.39, 0.29) is 29.4 Å². The van der Waals surface area contributed by atoms with E-state index in [4.69, 9.17) is 5.73 Å². The third-order valence-corrected chi connectivity index (χ3v) is 2.43. The average Bonchev–Trinajstić information content (AvgIpc) is 2.31. The second kappa shape index (κ2) is 5.54. The Morgan fingerprint density at radius 3 is 2.72 bits per heavy atom. The Morgan fingerprint density at radius 2 is 2.22 bits per heavy atom. The van der Waals surface area contributed by atoms with Crippen LogP contribution in [-0.4, -0.2) is 23.4 Å². The van der Waals surface area contributed by atoms with Crippen LogP contribution in [0.5, 0.6) is 0 Å². The number of carbonyl (C=O) groups is 1. The maximum Gasteiger partial charge on any atom is 0.270 e. The van der Waals surface area contributed by atoms with Crippen LogP contribution in [0, 0.1) is 22.9 Å². The van der Waals surface area contributed by atoms with Gasteiger partial charge in [0.15, 0.2) is 0 Å². The third kappa shape index (κ3) is 3.01. The molecule has 1 rings (SSSR count). The van der Waals surface area contributed by atoms with Crippen molar-refractivity contribution in [2.45, 2.75) is 19.9 Å². The maximum atomic E-state index is 13.7. The number of non-ortho nitro benzene ring substituents is 1. The van der Waals surface area contributed by atoms with Crippen molar-refractivity contribution >= 4 is 11.6 Å². The average molecular weight is 255 g/mol. The second-order valence-corrected chi connectivity index (χ2v) is 3.99. The summed E-state index contributed by atoms with van der Waals surface area (Å²) in [6.45, 7) is 3.22. The number of carbonyl (C=O) groups excluding carboxylic acids is 1. The van der Waals surface area contributed by atoms with Crippen molar-refractivity contribution < 1.29 is 14.1 Å². The van der Waals surface area contributed by atoms with Crippen molar-refractivity contribution in [2.24, 2.45) is 5.73 Å². The van der Waals surface area contributed by atoms with Crippen LogP contribution in [0.3, 0.4) is 0 Å². The minimum atomic E-state index is -0.762. The molecule has 0 saturated heterocycles. The molecule has 0 aromatic heterocycles. The summed E-state index contributed by atoms with van der Waals surface area (Å²) < 4.78 is 13.7. The SMILES string of the molecule is Cc1cc([N+](=O)[O-])cc(C(=O)N[C@H](C)CN)c1F. The Morgan fingerprint density at radius 1 is 1.61 bits per heavy atom. The number of nitrogens with zero attached hydrogens (tertiary/aromatic N) is 1. The number of hydrogen-bond donors (Lipinski definition) is 2. The summed E-state index contributed by atoms with van der Waals surface area (Å²) in [6, 6.07) is 1.66. The summed E-state index contributed by atoms with van der Waals surface area (Å²) in [6.07, 6.45) is 0. The van der Waals surface area contributed by atoms with Crippen LogP contribution < -0.4 is 11.1 Å². The molecule has 0 fully saturated rings. The van der Waals surface area contributed by atoms with Gasteiger partial charge in [-0.2, -0.15) is 0 Å². The standard InChI is InChI=1S/C11H14FN3O3/c1-6-3-8(15(17)18)4-9(10(6)12)11(16)14-7(2)5-13/h3-4,7H,5,13H2,1-2H3,(H,14,16)/t7-/m1/s1. The van der Waals surface area contributed by atoms with Gasteiger partial charge in [-0.05, 0) is 19.4 Å². The van der Waals surface area contributed by atoms with Gasteiger partial charge < -0.3 is 11.1 Å². The summed E-state index contributed by atoms with van der Waals surface area (Å²) in [5.41, 5.74) is 4.71. The Kier molecular flexibility index (Phi) is 4.33. The van der Waals surface area contributed by atoms with Gasteiger partial charge in [0.2, 0.25) is 0 Å². The molecule has 0 radical (unpaired) electrons. The zero-order valence-corrected chi connectivity index (χ0v) is 10.1. The van der Waals surface area contributed by atoms with Crippen molar-refractivity contribution in [1.82, 2.24) is 5.32 Å². The van der Waals surface area contributed by atoms with Gasteiger partial charge in [-0.3, -0.25) is 14.9 Å². The number of hydrogen-bond acceptors (Lipinski definition) is 4. The number of nitro benzene ring substituents is 1. The van der Waals surface area contributed by atoms with E-state index in [0.29, 0.717) is 0 Å². The third-order valence-electron chi connectivity index (χ3n) is 2.43. The minimum absolute atomic E-state index is 0.0507. The summed E-state index contributed by atoms with van der Waals surface area (Å²) in [5, 5.41) is 13.1. The summed E-state index contributed by atoms with van der Waals surface area (Å²) in [4.78, 5) is 21.7. The molecule has 0 aliphatic carbocycles. The summed E-state index contributed by atoms with van der Waals surface area (Å²) in [5.74, 6) is -1.47. The molecule has 7 heteroatoms. The van der Waals surface area contributed by atoms with Gasteiger partial charge in [-0.1, -0.05) is 0 Å². The molecular formula is C11H14FN3O3. The van der Waals surface area contributed by atoms with Crippen LogP contribution in [-0.2, 0) is 0 Å². The largest absolute Gasteiger partial charge is 0.348 e. The van der Waals surface area contributed by atoms with E-state index in [1.54, 1.807) is 6.92 Å². The molecule has 0 unspecified atom stereocenters. The zero-order valence-electron chi connectivity index (χ0n) is 10.1. The van der Waals surface area contributed by atoms with Crippen LogP contribution in [0.15, 0.2) is 12.1 Å². The molecule has 1 atom stereocenters. The first-order valence-electron chi connectivity index (χ1n) is 5.32. The van der Waals surface area contributed by atoms with Crippen LogP contribution in [0.25, 0.3) is 0 Å². The normalized spacial score (nSPS) is 12.0. The van der Waals surface area contributed by atoms with Gasteiger partial charge >= 0.3 is 0 Å². The highest BCUT2D eigenvalue weighted by Gasteiger charge is 2.20. The van der Waals surface area contributed by atoms with Gasteiger partial charge in [0.25, 0.3) is 11.6 Å². The van der Waals surface area contributed by atoms with E-state index in [0.717, 1.165) is 12.1 Å². The number of aryl methyl sites for hydroxylation is 1. The smallest absolute Gasteiger partial charge is 0.270 e. The molecule has 0 bridgehead atoms. The van der Waals surface area contributed by atoms with Crippen molar-refractivity contribution in [2.75, 3.05) is 6.54 Å². The lowest BCUT2D eigenvalue weighted by molar-refractivity contribution is -0.385. The molecule has 1 aromatic rings. The number of rotatable bonds is 4. The van der Waals surface area contributed by atoms with E-state index in [1.807, 2.05) is 0 Å². The Balaban J connectivity index is 3.14. The number of nitro groups is 1. The quantitative estimate of drug-likeness (QED) is 0.622. The van der Waals surface area contributed by atoms with E-state index in [1.165, 1.54) is 6.92 Å². The lowest BCUT2D eigenvalue weighted by atomic mass is 10.1. The number of halogens is 1. The fourth-order valence-electron chi connectivity index (χ4n) is 1.38. The van der Waals surface area contributed by atoms with Crippen LogP contribution in [0.2, 0.25) is 0 Å². The molecule has 0 heterocycles. The lowest BCUT2D eigenvalue weighted by Crippen LogP contribution is -2.38. The van der Waals surface area contributed by atoms with Crippen molar-refractivity contribution in [3.05, 3.63) is 39.2 Å². The molecule has 98 valence electrons. The molecule has 0 aliphatic rings. The molecule has 0 spiro atoms. The fraction of sp³-hybridized carbons (Fsp3) is 0.364. The van der Waals surface area contributed by atoms with E-state index in [9.17, 15) is 19.3 Å². The highest BCUT2D eigenvalue weighted by Crippen LogP contribution is 2.21. The van der Waals surface area contributed by atoms with Crippen molar-refractivity contribution in [1.29, 1.82) is 0 Å². The molecule has 3 N–H and O–H groups in total. The summed E-state index contributed by atoms with van der Waals surface area (Å²) in [7, 11) is 0. The molecule has 0 saturated carbocycles. The van der Waals surface area contributed by atoms with Gasteiger partial charge in [-0.25, -0.2) is 4.39 Å². The van der Waals surface area contributed by atoms with E-state index >= 15 is 0 Å². The molecule has 1 aromatic carbocycles. The lowest BCUT2D eigenvalue weighted by Gasteiger charge is -2.12. The number of benzene rings is 1. The predicted molar refractivity (Wildman–Crippen MR) is 63.8 cm³/mol. The molecule has 18 heavy (non-hydrogen) atoms. The van der Waals surface area contributed by atoms with Gasteiger partial charge in [0.1, 0.15) is 5.82 Å². The molecular weight excluding hydrogens is 241 g/mol. The van der Waals surface area contributed by atoms with Crippen molar-refractivity contribution in [3.63, 3.8) is 0 Å². The number of nitrogens with one attached hydrogen (secondary N) is 1. The van der Waals surface area contributed by atoms with Crippen molar-refractivity contribution in [3.8, 4) is 0 Å². The summed E-state index contributed by atoms with van der Waals surface area (Å²) >= 11 is 0. The van der Waals surface area contributed by atoms with Gasteiger partial charge in [0, 0.05) is 24.7 Å². The van der Waals surface area contributed by atoms with E-state index in [2.05, 4.69) is 5.32 Å². The first-order chi connectivity index (χ1) is 8.36. The van der Waals surface area contributed by atoms with Crippen LogP contribution in [0.4, 0.5) is 10.1 Å². The minimum Gasteiger partial charge on any atom is -0.348 e. The predicted octanol–water partition coefficient (Wildman–Crippen LogP) is 1.12. The van der Waals surface area contributed by atoms with Crippen LogP contribution >= 0.6 is 0 Å². The number of amides is 1. The maximum absolute atomic E-state index is 13.7. The first kappa shape index (κ1) is 14.0. The van der Waals surface area contributed by atoms with Crippen LogP contribution in [0.1, 0.15) is 22.8 Å². The monoisotopic (exact) mass is 255 g/mol. The Labute approximate surface area is 103 Å². The van der Waals surface area contributed by atoms with E-state index < -0.39 is 16.6 Å². The molecule has 1 amide bonds. The highest BCUT2D eigenvalue weighted by molar-refractivity contribution is 5.95. The molecule has 6 nitrogen and oxygen atoms in total. The van der Waals surface area contributed by atoms with Gasteiger partial charge in [0.05, 0.1) is 10.5 Å². The highest BCUT2D eigenvalue weighted by atomic mass is 19.1. The number of nitrogens with two attached hydrogens (primary N) is 1. The first-order valence-corrected chi connectivity index (χ1v) is 5.32. The Hall–Kier alpha value is -2.02. The Bertz CT molecular complexity index is 491.